The van der Waals surface area contributed by atoms with E-state index >= 15 is 0 Å². The molecule has 92 valence electrons. The minimum atomic E-state index is -0.757. The van der Waals surface area contributed by atoms with Crippen molar-refractivity contribution in [2.45, 2.75) is 39.0 Å². The Morgan fingerprint density at radius 1 is 1.31 bits per heavy atom. The summed E-state index contributed by atoms with van der Waals surface area (Å²) in [5.41, 5.74) is 0. The molecule has 0 aliphatic carbocycles. The maximum absolute atomic E-state index is 11.5. The van der Waals surface area contributed by atoms with Gasteiger partial charge in [0.15, 0.2) is 0 Å². The molecule has 0 radical (unpaired) electrons. The zero-order valence-electron chi connectivity index (χ0n) is 9.95. The SMILES string of the molecule is C=CCN(CCCCCC(=O)O)C(=O)CC. The Morgan fingerprint density at radius 3 is 2.50 bits per heavy atom. The van der Waals surface area contributed by atoms with Gasteiger partial charge in [0.05, 0.1) is 0 Å². The first-order valence-corrected chi connectivity index (χ1v) is 5.72. The minimum Gasteiger partial charge on any atom is -0.481 e. The second kappa shape index (κ2) is 8.95. The summed E-state index contributed by atoms with van der Waals surface area (Å²) in [6, 6.07) is 0. The lowest BCUT2D eigenvalue weighted by atomic mass is 10.2. The molecule has 0 saturated heterocycles. The van der Waals surface area contributed by atoms with E-state index in [2.05, 4.69) is 6.58 Å². The Kier molecular flexibility index (Phi) is 8.21. The van der Waals surface area contributed by atoms with Crippen molar-refractivity contribution in [3.05, 3.63) is 12.7 Å². The molecule has 0 rings (SSSR count). The van der Waals surface area contributed by atoms with Crippen molar-refractivity contribution >= 4 is 11.9 Å². The molecular formula is C12H21NO3. The van der Waals surface area contributed by atoms with E-state index in [0.29, 0.717) is 25.9 Å². The van der Waals surface area contributed by atoms with Crippen LogP contribution in [0.5, 0.6) is 0 Å². The van der Waals surface area contributed by atoms with Gasteiger partial charge >= 0.3 is 5.97 Å². The molecule has 0 spiro atoms. The second-order valence-corrected chi connectivity index (χ2v) is 3.69. The van der Waals surface area contributed by atoms with Crippen LogP contribution in [0.4, 0.5) is 0 Å². The van der Waals surface area contributed by atoms with E-state index in [4.69, 9.17) is 5.11 Å². The van der Waals surface area contributed by atoms with Gasteiger partial charge in [-0.15, -0.1) is 6.58 Å². The van der Waals surface area contributed by atoms with Crippen molar-refractivity contribution in [2.24, 2.45) is 0 Å². The first-order chi connectivity index (χ1) is 7.61. The Balaban J connectivity index is 3.71. The number of carboxylic acids is 1. The Hall–Kier alpha value is -1.32. The van der Waals surface area contributed by atoms with Crippen molar-refractivity contribution in [1.29, 1.82) is 0 Å². The van der Waals surface area contributed by atoms with Crippen LogP contribution in [0.15, 0.2) is 12.7 Å². The van der Waals surface area contributed by atoms with Crippen LogP contribution in [0, 0.1) is 0 Å². The number of carbonyl (C=O) groups excluding carboxylic acids is 1. The molecule has 0 aliphatic rings. The molecule has 1 amide bonds. The van der Waals surface area contributed by atoms with Gasteiger partial charge < -0.3 is 10.0 Å². The van der Waals surface area contributed by atoms with E-state index in [1.54, 1.807) is 11.0 Å². The number of hydrogen-bond acceptors (Lipinski definition) is 2. The molecule has 0 aromatic carbocycles. The summed E-state index contributed by atoms with van der Waals surface area (Å²) >= 11 is 0. The van der Waals surface area contributed by atoms with Crippen LogP contribution in [0.1, 0.15) is 39.0 Å². The Bertz CT molecular complexity index is 238. The zero-order valence-corrected chi connectivity index (χ0v) is 9.95. The number of rotatable bonds is 9. The fourth-order valence-corrected chi connectivity index (χ4v) is 1.45. The van der Waals surface area contributed by atoms with Gasteiger partial charge in [-0.25, -0.2) is 0 Å². The second-order valence-electron chi connectivity index (χ2n) is 3.69. The zero-order chi connectivity index (χ0) is 12.4. The first kappa shape index (κ1) is 14.7. The summed E-state index contributed by atoms with van der Waals surface area (Å²) in [7, 11) is 0. The predicted octanol–water partition coefficient (Wildman–Crippen LogP) is 2.06. The standard InChI is InChI=1S/C12H21NO3/c1-3-9-13(11(14)4-2)10-7-5-6-8-12(15)16/h3H,1,4-10H2,2H3,(H,15,16). The number of nitrogens with zero attached hydrogens (tertiary/aromatic N) is 1. The van der Waals surface area contributed by atoms with Crippen LogP contribution in [-0.2, 0) is 9.59 Å². The highest BCUT2D eigenvalue weighted by molar-refractivity contribution is 5.75. The normalized spacial score (nSPS) is 9.81. The van der Waals surface area contributed by atoms with Crippen molar-refractivity contribution < 1.29 is 14.7 Å². The van der Waals surface area contributed by atoms with Crippen LogP contribution in [0.25, 0.3) is 0 Å². The molecule has 0 fully saturated rings. The van der Waals surface area contributed by atoms with Gasteiger partial charge in [-0.05, 0) is 12.8 Å². The van der Waals surface area contributed by atoms with Gasteiger partial charge in [0.25, 0.3) is 0 Å². The van der Waals surface area contributed by atoms with Crippen LogP contribution in [-0.4, -0.2) is 35.0 Å². The van der Waals surface area contributed by atoms with Gasteiger partial charge in [0.2, 0.25) is 5.91 Å². The number of carboxylic acid groups (broad SMARTS) is 1. The highest BCUT2D eigenvalue weighted by Crippen LogP contribution is 2.03. The quantitative estimate of drug-likeness (QED) is 0.484. The lowest BCUT2D eigenvalue weighted by Crippen LogP contribution is -2.31. The average molecular weight is 227 g/mol. The predicted molar refractivity (Wildman–Crippen MR) is 63.2 cm³/mol. The first-order valence-electron chi connectivity index (χ1n) is 5.72. The maximum Gasteiger partial charge on any atom is 0.303 e. The van der Waals surface area contributed by atoms with Crippen LogP contribution in [0.3, 0.4) is 0 Å². The van der Waals surface area contributed by atoms with E-state index in [0.717, 1.165) is 12.8 Å². The fraction of sp³-hybridized carbons (Fsp3) is 0.667. The van der Waals surface area contributed by atoms with Crippen LogP contribution in [0.2, 0.25) is 0 Å². The number of amides is 1. The van der Waals surface area contributed by atoms with Gasteiger partial charge in [0.1, 0.15) is 0 Å². The molecule has 0 saturated carbocycles. The third-order valence-electron chi connectivity index (χ3n) is 2.32. The van der Waals surface area contributed by atoms with E-state index < -0.39 is 5.97 Å². The molecule has 1 N–H and O–H groups in total. The van der Waals surface area contributed by atoms with Crippen LogP contribution >= 0.6 is 0 Å². The van der Waals surface area contributed by atoms with Gasteiger partial charge in [-0.3, -0.25) is 9.59 Å². The summed E-state index contributed by atoms with van der Waals surface area (Å²) < 4.78 is 0. The summed E-state index contributed by atoms with van der Waals surface area (Å²) in [6.45, 7) is 6.72. The summed E-state index contributed by atoms with van der Waals surface area (Å²) in [4.78, 5) is 23.5. The molecule has 0 heterocycles. The van der Waals surface area contributed by atoms with E-state index in [-0.39, 0.29) is 12.3 Å². The molecule has 0 aromatic heterocycles. The molecule has 16 heavy (non-hydrogen) atoms. The van der Waals surface area contributed by atoms with Gasteiger partial charge in [0, 0.05) is 25.9 Å². The summed E-state index contributed by atoms with van der Waals surface area (Å²) in [5.74, 6) is -0.634. The molecule has 4 heteroatoms. The Labute approximate surface area is 96.9 Å². The molecule has 0 unspecified atom stereocenters. The lowest BCUT2D eigenvalue weighted by Gasteiger charge is -2.20. The van der Waals surface area contributed by atoms with Crippen molar-refractivity contribution in [3.8, 4) is 0 Å². The molecular weight excluding hydrogens is 206 g/mol. The van der Waals surface area contributed by atoms with Crippen molar-refractivity contribution in [3.63, 3.8) is 0 Å². The largest absolute Gasteiger partial charge is 0.481 e. The Morgan fingerprint density at radius 2 is 2.00 bits per heavy atom. The third kappa shape index (κ3) is 7.04. The monoisotopic (exact) mass is 227 g/mol. The highest BCUT2D eigenvalue weighted by atomic mass is 16.4. The van der Waals surface area contributed by atoms with Crippen molar-refractivity contribution in [2.75, 3.05) is 13.1 Å². The van der Waals surface area contributed by atoms with Crippen LogP contribution < -0.4 is 0 Å². The molecule has 0 bridgehead atoms. The van der Waals surface area contributed by atoms with E-state index in [1.165, 1.54) is 0 Å². The third-order valence-corrected chi connectivity index (χ3v) is 2.32. The maximum atomic E-state index is 11.5. The van der Waals surface area contributed by atoms with E-state index in [1.807, 2.05) is 6.92 Å². The fourth-order valence-electron chi connectivity index (χ4n) is 1.45. The van der Waals surface area contributed by atoms with Gasteiger partial charge in [-0.2, -0.15) is 0 Å². The number of unbranched alkanes of at least 4 members (excludes halogenated alkanes) is 2. The molecule has 4 nitrogen and oxygen atoms in total. The minimum absolute atomic E-state index is 0.123. The van der Waals surface area contributed by atoms with Crippen molar-refractivity contribution in [1.82, 2.24) is 4.90 Å². The van der Waals surface area contributed by atoms with Gasteiger partial charge in [-0.1, -0.05) is 19.4 Å². The molecule has 0 aliphatic heterocycles. The topological polar surface area (TPSA) is 57.6 Å². The lowest BCUT2D eigenvalue weighted by molar-refractivity contribution is -0.137. The number of carbonyl (C=O) groups is 2. The average Bonchev–Trinajstić information content (AvgIpc) is 2.25. The smallest absolute Gasteiger partial charge is 0.303 e. The number of hydrogen-bond donors (Lipinski definition) is 1. The highest BCUT2D eigenvalue weighted by Gasteiger charge is 2.08. The summed E-state index contributed by atoms with van der Waals surface area (Å²) in [5, 5.41) is 8.45. The summed E-state index contributed by atoms with van der Waals surface area (Å²) in [6.07, 6.45) is 4.80. The van der Waals surface area contributed by atoms with E-state index in [9.17, 15) is 9.59 Å². The molecule has 0 aromatic rings. The number of aliphatic carboxylic acids is 1. The molecule has 0 atom stereocenters.